The standard InChI is InChI=1S/C16H21BrO/c1-10-7-8-13(9-11(10)2)16(18)14-5-4-6-15(17)12(14)3/h4-6,10-11,13H,7-9H2,1-3H3. The minimum absolute atomic E-state index is 0.226. The number of hydrogen-bond donors (Lipinski definition) is 0. The lowest BCUT2D eigenvalue weighted by Crippen LogP contribution is -2.26. The summed E-state index contributed by atoms with van der Waals surface area (Å²) in [6, 6.07) is 5.92. The van der Waals surface area contributed by atoms with E-state index in [9.17, 15) is 4.79 Å². The third-order valence-corrected chi connectivity index (χ3v) is 5.36. The highest BCUT2D eigenvalue weighted by Crippen LogP contribution is 2.35. The molecule has 98 valence electrons. The van der Waals surface area contributed by atoms with Crippen molar-refractivity contribution >= 4 is 21.7 Å². The molecule has 0 amide bonds. The number of hydrogen-bond acceptors (Lipinski definition) is 1. The molecule has 3 unspecified atom stereocenters. The predicted octanol–water partition coefficient (Wildman–Crippen LogP) is 5.01. The van der Waals surface area contributed by atoms with Crippen LogP contribution < -0.4 is 0 Å². The van der Waals surface area contributed by atoms with Crippen LogP contribution in [0.15, 0.2) is 22.7 Å². The second-order valence-corrected chi connectivity index (χ2v) is 6.60. The lowest BCUT2D eigenvalue weighted by atomic mass is 9.73. The highest BCUT2D eigenvalue weighted by Gasteiger charge is 2.30. The van der Waals surface area contributed by atoms with Gasteiger partial charge >= 0.3 is 0 Å². The van der Waals surface area contributed by atoms with Crippen LogP contribution in [0, 0.1) is 24.7 Å². The first-order valence-corrected chi connectivity index (χ1v) is 7.59. The summed E-state index contributed by atoms with van der Waals surface area (Å²) in [4.78, 5) is 12.6. The zero-order chi connectivity index (χ0) is 13.3. The van der Waals surface area contributed by atoms with Crippen LogP contribution in [0.1, 0.15) is 49.0 Å². The minimum atomic E-state index is 0.226. The molecule has 0 N–H and O–H groups in total. The molecule has 1 aliphatic rings. The fourth-order valence-electron chi connectivity index (χ4n) is 2.88. The molecule has 0 radical (unpaired) electrons. The molecule has 1 saturated carbocycles. The molecule has 0 aliphatic heterocycles. The molecule has 0 heterocycles. The van der Waals surface area contributed by atoms with Crippen LogP contribution in [0.4, 0.5) is 0 Å². The van der Waals surface area contributed by atoms with Gasteiger partial charge in [-0.1, -0.05) is 41.9 Å². The summed E-state index contributed by atoms with van der Waals surface area (Å²) in [5.74, 6) is 1.99. The molecule has 2 rings (SSSR count). The molecule has 2 heteroatoms. The molecule has 1 fully saturated rings. The summed E-state index contributed by atoms with van der Waals surface area (Å²) in [6.45, 7) is 6.60. The quantitative estimate of drug-likeness (QED) is 0.702. The fraction of sp³-hybridized carbons (Fsp3) is 0.562. The van der Waals surface area contributed by atoms with Gasteiger partial charge in [0, 0.05) is 16.0 Å². The van der Waals surface area contributed by atoms with Gasteiger partial charge in [-0.3, -0.25) is 4.79 Å². The molecule has 3 atom stereocenters. The number of halogens is 1. The van der Waals surface area contributed by atoms with E-state index in [2.05, 4.69) is 29.8 Å². The SMILES string of the molecule is Cc1c(Br)cccc1C(=O)C1CCC(C)C(C)C1. The van der Waals surface area contributed by atoms with E-state index in [4.69, 9.17) is 0 Å². The van der Waals surface area contributed by atoms with E-state index in [1.165, 1.54) is 6.42 Å². The number of ketones is 1. The molecule has 0 saturated heterocycles. The molecule has 1 aliphatic carbocycles. The van der Waals surface area contributed by atoms with Gasteiger partial charge in [-0.15, -0.1) is 0 Å². The first-order chi connectivity index (χ1) is 8.50. The maximum Gasteiger partial charge on any atom is 0.166 e. The number of carbonyl (C=O) groups excluding carboxylic acids is 1. The number of carbonyl (C=O) groups is 1. The van der Waals surface area contributed by atoms with Crippen LogP contribution in [0.5, 0.6) is 0 Å². The third-order valence-electron chi connectivity index (χ3n) is 4.50. The predicted molar refractivity (Wildman–Crippen MR) is 78.9 cm³/mol. The van der Waals surface area contributed by atoms with Gasteiger partial charge in [-0.25, -0.2) is 0 Å². The first-order valence-electron chi connectivity index (χ1n) is 6.80. The summed E-state index contributed by atoms with van der Waals surface area (Å²) in [5, 5.41) is 0. The number of Topliss-reactive ketones (excluding diaryl/α,β-unsaturated/α-hetero) is 1. The van der Waals surface area contributed by atoms with E-state index >= 15 is 0 Å². The Hall–Kier alpha value is -0.630. The summed E-state index contributed by atoms with van der Waals surface area (Å²) >= 11 is 3.51. The van der Waals surface area contributed by atoms with Crippen molar-refractivity contribution in [3.63, 3.8) is 0 Å². The van der Waals surface area contributed by atoms with Gasteiger partial charge in [0.15, 0.2) is 5.78 Å². The highest BCUT2D eigenvalue weighted by molar-refractivity contribution is 9.10. The Morgan fingerprint density at radius 1 is 1.22 bits per heavy atom. The van der Waals surface area contributed by atoms with Crippen molar-refractivity contribution in [1.29, 1.82) is 0 Å². The lowest BCUT2D eigenvalue weighted by molar-refractivity contribution is 0.0837. The lowest BCUT2D eigenvalue weighted by Gasteiger charge is -2.31. The zero-order valence-electron chi connectivity index (χ0n) is 11.4. The van der Waals surface area contributed by atoms with E-state index in [0.717, 1.165) is 34.4 Å². The minimum Gasteiger partial charge on any atom is -0.294 e. The van der Waals surface area contributed by atoms with Gasteiger partial charge in [0.25, 0.3) is 0 Å². The van der Waals surface area contributed by atoms with Crippen molar-refractivity contribution in [2.24, 2.45) is 17.8 Å². The van der Waals surface area contributed by atoms with Crippen molar-refractivity contribution in [3.05, 3.63) is 33.8 Å². The zero-order valence-corrected chi connectivity index (χ0v) is 13.0. The summed E-state index contributed by atoms with van der Waals surface area (Å²) in [5.41, 5.74) is 1.98. The van der Waals surface area contributed by atoms with E-state index in [0.29, 0.717) is 11.7 Å². The molecule has 0 aromatic heterocycles. The molecule has 0 bridgehead atoms. The van der Waals surface area contributed by atoms with Crippen LogP contribution >= 0.6 is 15.9 Å². The Labute approximate surface area is 118 Å². The van der Waals surface area contributed by atoms with Crippen molar-refractivity contribution in [2.75, 3.05) is 0 Å². The van der Waals surface area contributed by atoms with Gasteiger partial charge in [-0.05, 0) is 49.7 Å². The molecule has 1 aromatic carbocycles. The van der Waals surface area contributed by atoms with E-state index in [1.807, 2.05) is 25.1 Å². The van der Waals surface area contributed by atoms with Crippen molar-refractivity contribution in [2.45, 2.75) is 40.0 Å². The van der Waals surface area contributed by atoms with Crippen molar-refractivity contribution < 1.29 is 4.79 Å². The average molecular weight is 309 g/mol. The maximum absolute atomic E-state index is 12.6. The molecule has 18 heavy (non-hydrogen) atoms. The van der Waals surface area contributed by atoms with Gasteiger partial charge in [0.1, 0.15) is 0 Å². The van der Waals surface area contributed by atoms with E-state index in [1.54, 1.807) is 0 Å². The van der Waals surface area contributed by atoms with Gasteiger partial charge in [0.05, 0.1) is 0 Å². The number of rotatable bonds is 2. The Morgan fingerprint density at radius 2 is 1.94 bits per heavy atom. The summed E-state index contributed by atoms with van der Waals surface area (Å²) in [6.07, 6.45) is 3.28. The van der Waals surface area contributed by atoms with Gasteiger partial charge < -0.3 is 0 Å². The van der Waals surface area contributed by atoms with Crippen LogP contribution in [-0.4, -0.2) is 5.78 Å². The van der Waals surface area contributed by atoms with E-state index < -0.39 is 0 Å². The number of benzene rings is 1. The maximum atomic E-state index is 12.6. The van der Waals surface area contributed by atoms with Crippen LogP contribution in [0.25, 0.3) is 0 Å². The molecule has 1 aromatic rings. The topological polar surface area (TPSA) is 17.1 Å². The van der Waals surface area contributed by atoms with Crippen molar-refractivity contribution in [1.82, 2.24) is 0 Å². The van der Waals surface area contributed by atoms with Crippen LogP contribution in [0.3, 0.4) is 0 Å². The van der Waals surface area contributed by atoms with Crippen LogP contribution in [0.2, 0.25) is 0 Å². The smallest absolute Gasteiger partial charge is 0.166 e. The fourth-order valence-corrected chi connectivity index (χ4v) is 3.25. The second-order valence-electron chi connectivity index (χ2n) is 5.74. The Kier molecular flexibility index (Phi) is 4.26. The molecule has 0 spiro atoms. The Bertz CT molecular complexity index is 452. The Balaban J connectivity index is 2.19. The van der Waals surface area contributed by atoms with E-state index in [-0.39, 0.29) is 5.92 Å². The Morgan fingerprint density at radius 3 is 2.61 bits per heavy atom. The summed E-state index contributed by atoms with van der Waals surface area (Å²) in [7, 11) is 0. The van der Waals surface area contributed by atoms with Gasteiger partial charge in [0.2, 0.25) is 0 Å². The second kappa shape index (κ2) is 5.56. The van der Waals surface area contributed by atoms with Gasteiger partial charge in [-0.2, -0.15) is 0 Å². The molecular weight excluding hydrogens is 288 g/mol. The van der Waals surface area contributed by atoms with Crippen LogP contribution in [-0.2, 0) is 0 Å². The molecular formula is C16H21BrO. The summed E-state index contributed by atoms with van der Waals surface area (Å²) < 4.78 is 1.03. The largest absolute Gasteiger partial charge is 0.294 e. The van der Waals surface area contributed by atoms with Crippen molar-refractivity contribution in [3.8, 4) is 0 Å². The first kappa shape index (κ1) is 13.8. The highest BCUT2D eigenvalue weighted by atomic mass is 79.9. The third kappa shape index (κ3) is 2.69. The molecule has 1 nitrogen and oxygen atoms in total. The monoisotopic (exact) mass is 308 g/mol. The normalized spacial score (nSPS) is 28.1. The average Bonchev–Trinajstić information content (AvgIpc) is 2.35.